The maximum absolute atomic E-state index is 11.4. The Hall–Kier alpha value is -0.390. The van der Waals surface area contributed by atoms with E-state index < -0.39 is 10.1 Å². The zero-order valence-corrected chi connectivity index (χ0v) is 15.7. The molecule has 3 nitrogen and oxygen atoms in total. The summed E-state index contributed by atoms with van der Waals surface area (Å²) in [5.74, 6) is 0. The molecule has 0 radical (unpaired) electrons. The van der Waals surface area contributed by atoms with Gasteiger partial charge in [0.2, 0.25) is 0 Å². The maximum Gasteiger partial charge on any atom is 1.00 e. The Morgan fingerprint density at radius 1 is 1.00 bits per heavy atom. The molecule has 5 heteroatoms. The molecule has 0 amide bonds. The smallest absolute Gasteiger partial charge is 0.744 e. The van der Waals surface area contributed by atoms with E-state index in [1.165, 1.54) is 11.6 Å². The van der Waals surface area contributed by atoms with Gasteiger partial charge in [0.25, 0.3) is 0 Å². The van der Waals surface area contributed by atoms with Gasteiger partial charge in [0, 0.05) is 0 Å². The van der Waals surface area contributed by atoms with Crippen molar-refractivity contribution in [1.82, 2.24) is 0 Å². The molecule has 0 bridgehead atoms. The maximum atomic E-state index is 11.4. The Bertz CT molecular complexity index is 724. The SMILES string of the molecule is CCCc1cc2cccc(S(=O)(=O)[O-])c2cc1CCC.[Na+]. The molecule has 2 aromatic rings. The molecular weight excluding hydrogens is 295 g/mol. The third-order valence-electron chi connectivity index (χ3n) is 3.47. The number of hydrogen-bond acceptors (Lipinski definition) is 3. The fraction of sp³-hybridized carbons (Fsp3) is 0.375. The molecule has 108 valence electrons. The molecule has 0 aliphatic rings. The van der Waals surface area contributed by atoms with Gasteiger partial charge in [-0.15, -0.1) is 0 Å². The molecule has 0 heterocycles. The molecule has 0 fully saturated rings. The van der Waals surface area contributed by atoms with Gasteiger partial charge in [0.05, 0.1) is 4.90 Å². The van der Waals surface area contributed by atoms with Crippen LogP contribution in [0, 0.1) is 0 Å². The Labute approximate surface area is 148 Å². The third kappa shape index (κ3) is 4.30. The van der Waals surface area contributed by atoms with Crippen molar-refractivity contribution in [2.24, 2.45) is 0 Å². The van der Waals surface area contributed by atoms with E-state index in [0.717, 1.165) is 36.6 Å². The van der Waals surface area contributed by atoms with E-state index in [1.54, 1.807) is 6.07 Å². The molecule has 0 aliphatic carbocycles. The average Bonchev–Trinajstić information content (AvgIpc) is 2.38. The van der Waals surface area contributed by atoms with Crippen LogP contribution in [-0.4, -0.2) is 13.0 Å². The second-order valence-corrected chi connectivity index (χ2v) is 6.40. The van der Waals surface area contributed by atoms with Crippen molar-refractivity contribution in [1.29, 1.82) is 0 Å². The molecule has 0 saturated carbocycles. The van der Waals surface area contributed by atoms with Gasteiger partial charge < -0.3 is 4.55 Å². The number of fused-ring (bicyclic) bond motifs is 1. The number of rotatable bonds is 5. The Balaban J connectivity index is 0.00000220. The summed E-state index contributed by atoms with van der Waals surface area (Å²) in [6.45, 7) is 4.22. The second kappa shape index (κ2) is 7.75. The van der Waals surface area contributed by atoms with Gasteiger partial charge in [0.15, 0.2) is 0 Å². The molecule has 0 saturated heterocycles. The van der Waals surface area contributed by atoms with Crippen LogP contribution in [0.2, 0.25) is 0 Å². The quantitative estimate of drug-likeness (QED) is 0.601. The summed E-state index contributed by atoms with van der Waals surface area (Å²) in [7, 11) is -4.44. The van der Waals surface area contributed by atoms with Crippen molar-refractivity contribution in [2.45, 2.75) is 44.4 Å². The summed E-state index contributed by atoms with van der Waals surface area (Å²) < 4.78 is 34.1. The molecule has 0 aliphatic heterocycles. The minimum Gasteiger partial charge on any atom is -0.744 e. The van der Waals surface area contributed by atoms with Gasteiger partial charge in [-0.05, 0) is 46.9 Å². The van der Waals surface area contributed by atoms with Crippen LogP contribution >= 0.6 is 0 Å². The molecular formula is C16H19NaO3S. The molecule has 0 spiro atoms. The van der Waals surface area contributed by atoms with Crippen molar-refractivity contribution in [2.75, 3.05) is 0 Å². The zero-order valence-electron chi connectivity index (χ0n) is 12.8. The van der Waals surface area contributed by atoms with Crippen molar-refractivity contribution in [3.05, 3.63) is 41.5 Å². The Morgan fingerprint density at radius 2 is 1.57 bits per heavy atom. The Kier molecular flexibility index (Phi) is 6.88. The van der Waals surface area contributed by atoms with Gasteiger partial charge in [-0.2, -0.15) is 0 Å². The van der Waals surface area contributed by atoms with Crippen LogP contribution in [0.1, 0.15) is 37.8 Å². The normalized spacial score (nSPS) is 11.4. The van der Waals surface area contributed by atoms with Crippen molar-refractivity contribution in [3.8, 4) is 0 Å². The minimum absolute atomic E-state index is 0. The number of aryl methyl sites for hydroxylation is 2. The van der Waals surface area contributed by atoms with Crippen molar-refractivity contribution in [3.63, 3.8) is 0 Å². The molecule has 2 rings (SSSR count). The molecule has 21 heavy (non-hydrogen) atoms. The zero-order chi connectivity index (χ0) is 14.8. The van der Waals surface area contributed by atoms with Gasteiger partial charge in [-0.3, -0.25) is 0 Å². The first-order valence-corrected chi connectivity index (χ1v) is 8.38. The summed E-state index contributed by atoms with van der Waals surface area (Å²) >= 11 is 0. The fourth-order valence-electron chi connectivity index (χ4n) is 2.61. The molecule has 0 atom stereocenters. The summed E-state index contributed by atoms with van der Waals surface area (Å²) in [4.78, 5) is -0.115. The van der Waals surface area contributed by atoms with Crippen molar-refractivity contribution < 1.29 is 42.5 Å². The number of benzene rings is 2. The molecule has 0 N–H and O–H groups in total. The van der Waals surface area contributed by atoms with Gasteiger partial charge >= 0.3 is 29.6 Å². The van der Waals surface area contributed by atoms with Crippen LogP contribution in [0.5, 0.6) is 0 Å². The van der Waals surface area contributed by atoms with E-state index in [0.29, 0.717) is 5.39 Å². The standard InChI is InChI=1S/C16H20O3S.Na/c1-3-6-12-10-14-8-5-9-16(20(17,18)19)15(14)11-13(12)7-4-2;/h5,8-11H,3-4,6-7H2,1-2H3,(H,17,18,19);/q;+1/p-1. The van der Waals surface area contributed by atoms with E-state index >= 15 is 0 Å². The second-order valence-electron chi connectivity index (χ2n) is 5.05. The predicted molar refractivity (Wildman–Crippen MR) is 79.9 cm³/mol. The van der Waals surface area contributed by atoms with Crippen LogP contribution in [0.3, 0.4) is 0 Å². The summed E-state index contributed by atoms with van der Waals surface area (Å²) in [5, 5.41) is 1.37. The largest absolute Gasteiger partial charge is 1.00 e. The van der Waals surface area contributed by atoms with Crippen LogP contribution in [-0.2, 0) is 23.0 Å². The van der Waals surface area contributed by atoms with E-state index in [9.17, 15) is 13.0 Å². The molecule has 2 aromatic carbocycles. The van der Waals surface area contributed by atoms with Crippen LogP contribution in [0.4, 0.5) is 0 Å². The molecule has 0 unspecified atom stereocenters. The summed E-state index contributed by atoms with van der Waals surface area (Å²) in [6.07, 6.45) is 3.91. The van der Waals surface area contributed by atoms with Crippen LogP contribution < -0.4 is 29.6 Å². The average molecular weight is 314 g/mol. The van der Waals surface area contributed by atoms with E-state index in [-0.39, 0.29) is 34.5 Å². The van der Waals surface area contributed by atoms with E-state index in [2.05, 4.69) is 13.8 Å². The fourth-order valence-corrected chi connectivity index (χ4v) is 3.30. The predicted octanol–water partition coefficient (Wildman–Crippen LogP) is 0.653. The first-order chi connectivity index (χ1) is 9.47. The minimum atomic E-state index is -4.44. The molecule has 0 aromatic heterocycles. The van der Waals surface area contributed by atoms with Gasteiger partial charge in [0.1, 0.15) is 10.1 Å². The third-order valence-corrected chi connectivity index (χ3v) is 4.36. The first kappa shape index (κ1) is 18.7. The van der Waals surface area contributed by atoms with Crippen molar-refractivity contribution >= 4 is 20.9 Å². The van der Waals surface area contributed by atoms with Gasteiger partial charge in [-0.25, -0.2) is 8.42 Å². The topological polar surface area (TPSA) is 57.2 Å². The van der Waals surface area contributed by atoms with Gasteiger partial charge in [-0.1, -0.05) is 44.9 Å². The van der Waals surface area contributed by atoms with Crippen LogP contribution in [0.25, 0.3) is 10.8 Å². The van der Waals surface area contributed by atoms with Crippen LogP contribution in [0.15, 0.2) is 35.2 Å². The number of hydrogen-bond donors (Lipinski definition) is 0. The summed E-state index contributed by atoms with van der Waals surface area (Å²) in [6, 6.07) is 8.79. The van der Waals surface area contributed by atoms with E-state index in [1.807, 2.05) is 18.2 Å². The Morgan fingerprint density at radius 3 is 2.10 bits per heavy atom. The monoisotopic (exact) mass is 314 g/mol. The summed E-state index contributed by atoms with van der Waals surface area (Å²) in [5.41, 5.74) is 2.40. The first-order valence-electron chi connectivity index (χ1n) is 6.97. The van der Waals surface area contributed by atoms with E-state index in [4.69, 9.17) is 0 Å².